The lowest BCUT2D eigenvalue weighted by Crippen LogP contribution is -2.15. The molecule has 0 N–H and O–H groups in total. The van der Waals surface area contributed by atoms with E-state index in [0.29, 0.717) is 33.2 Å². The van der Waals surface area contributed by atoms with Crippen molar-refractivity contribution >= 4 is 29.0 Å². The zero-order chi connectivity index (χ0) is 18.1. The van der Waals surface area contributed by atoms with Gasteiger partial charge in [0.2, 0.25) is 5.89 Å². The maximum Gasteiger partial charge on any atom is 0.277 e. The summed E-state index contributed by atoms with van der Waals surface area (Å²) in [5.74, 6) is 0.883. The second-order valence-electron chi connectivity index (χ2n) is 5.64. The number of thioether (sulfide) groups is 1. The fourth-order valence-electron chi connectivity index (χ4n) is 2.50. The molecule has 0 atom stereocenters. The Kier molecular flexibility index (Phi) is 4.48. The van der Waals surface area contributed by atoms with Crippen molar-refractivity contribution in [1.82, 2.24) is 19.6 Å². The number of nitrogens with zero attached hydrogens (tertiary/aromatic N) is 4. The average Bonchev–Trinajstić information content (AvgIpc) is 3.10. The predicted molar refractivity (Wildman–Crippen MR) is 101 cm³/mol. The summed E-state index contributed by atoms with van der Waals surface area (Å²) in [6.07, 6.45) is 1.71. The van der Waals surface area contributed by atoms with Crippen LogP contribution in [0.4, 0.5) is 0 Å². The molecule has 0 bridgehead atoms. The van der Waals surface area contributed by atoms with E-state index in [4.69, 9.17) is 16.0 Å². The Hall–Kier alpha value is -2.64. The molecule has 130 valence electrons. The van der Waals surface area contributed by atoms with Crippen LogP contribution < -0.4 is 5.56 Å². The van der Waals surface area contributed by atoms with Crippen LogP contribution in [0.25, 0.3) is 17.1 Å². The molecular weight excluding hydrogens is 372 g/mol. The van der Waals surface area contributed by atoms with E-state index in [0.717, 1.165) is 11.1 Å². The molecule has 0 radical (unpaired) electrons. The van der Waals surface area contributed by atoms with Crippen molar-refractivity contribution in [3.05, 3.63) is 75.3 Å². The van der Waals surface area contributed by atoms with Gasteiger partial charge in [0.1, 0.15) is 5.65 Å². The van der Waals surface area contributed by atoms with E-state index in [1.54, 1.807) is 18.3 Å². The van der Waals surface area contributed by atoms with Gasteiger partial charge in [-0.15, -0.1) is 10.2 Å². The summed E-state index contributed by atoms with van der Waals surface area (Å²) in [6.45, 7) is 1.93. The van der Waals surface area contributed by atoms with Crippen LogP contribution in [-0.2, 0) is 5.75 Å². The van der Waals surface area contributed by atoms with Crippen LogP contribution in [0.15, 0.2) is 63.1 Å². The van der Waals surface area contributed by atoms with Crippen LogP contribution >= 0.6 is 23.4 Å². The summed E-state index contributed by atoms with van der Waals surface area (Å²) in [5.41, 5.74) is 2.95. The van der Waals surface area contributed by atoms with Crippen molar-refractivity contribution < 1.29 is 4.42 Å². The lowest BCUT2D eigenvalue weighted by Gasteiger charge is -2.05. The number of benzene rings is 1. The van der Waals surface area contributed by atoms with Gasteiger partial charge in [-0.05, 0) is 42.8 Å². The molecule has 0 aliphatic heterocycles. The minimum Gasteiger partial charge on any atom is -0.411 e. The van der Waals surface area contributed by atoms with E-state index in [9.17, 15) is 4.79 Å². The Morgan fingerprint density at radius 2 is 2.00 bits per heavy atom. The molecule has 1 aromatic carbocycles. The minimum atomic E-state index is -0.110. The van der Waals surface area contributed by atoms with Crippen LogP contribution in [-0.4, -0.2) is 19.6 Å². The lowest BCUT2D eigenvalue weighted by atomic mass is 10.2. The summed E-state index contributed by atoms with van der Waals surface area (Å²) >= 11 is 7.22. The molecule has 4 aromatic rings. The fourth-order valence-corrected chi connectivity index (χ4v) is 3.28. The molecule has 0 spiro atoms. The Morgan fingerprint density at radius 3 is 2.81 bits per heavy atom. The van der Waals surface area contributed by atoms with E-state index in [1.165, 1.54) is 22.2 Å². The Labute approximate surface area is 157 Å². The Bertz CT molecular complexity index is 1140. The summed E-state index contributed by atoms with van der Waals surface area (Å²) in [7, 11) is 0. The number of halogens is 1. The van der Waals surface area contributed by atoms with Crippen molar-refractivity contribution in [2.24, 2.45) is 0 Å². The molecule has 3 heterocycles. The number of pyridine rings is 1. The van der Waals surface area contributed by atoms with Crippen LogP contribution in [0.1, 0.15) is 11.3 Å². The van der Waals surface area contributed by atoms with Crippen molar-refractivity contribution in [1.29, 1.82) is 0 Å². The second-order valence-corrected chi connectivity index (χ2v) is 7.00. The maximum absolute atomic E-state index is 12.2. The number of hydrogen-bond acceptors (Lipinski definition) is 6. The van der Waals surface area contributed by atoms with E-state index in [1.807, 2.05) is 31.2 Å². The number of rotatable bonds is 4. The van der Waals surface area contributed by atoms with E-state index >= 15 is 0 Å². The minimum absolute atomic E-state index is 0.110. The molecule has 0 fully saturated rings. The predicted octanol–water partition coefficient (Wildman–Crippen LogP) is 4.00. The third-order valence-electron chi connectivity index (χ3n) is 3.78. The molecule has 0 saturated carbocycles. The quantitative estimate of drug-likeness (QED) is 0.495. The zero-order valence-electron chi connectivity index (χ0n) is 13.7. The van der Waals surface area contributed by atoms with Gasteiger partial charge in [-0.25, -0.2) is 4.98 Å². The van der Waals surface area contributed by atoms with Gasteiger partial charge in [0, 0.05) is 28.6 Å². The SMILES string of the molecule is Cc1cccn2c(=O)cc(CSc3nnc(-c4ccc(Cl)cc4)o3)nc12. The topological polar surface area (TPSA) is 73.3 Å². The number of aromatic nitrogens is 4. The highest BCUT2D eigenvalue weighted by atomic mass is 35.5. The molecule has 4 rings (SSSR count). The summed E-state index contributed by atoms with van der Waals surface area (Å²) in [4.78, 5) is 16.8. The molecule has 8 heteroatoms. The lowest BCUT2D eigenvalue weighted by molar-refractivity contribution is 0.466. The van der Waals surface area contributed by atoms with E-state index < -0.39 is 0 Å². The third kappa shape index (κ3) is 3.36. The molecule has 26 heavy (non-hydrogen) atoms. The normalized spacial score (nSPS) is 11.2. The highest BCUT2D eigenvalue weighted by Gasteiger charge is 2.11. The van der Waals surface area contributed by atoms with Gasteiger partial charge in [-0.1, -0.05) is 29.4 Å². The maximum atomic E-state index is 12.2. The van der Waals surface area contributed by atoms with E-state index in [-0.39, 0.29) is 5.56 Å². The summed E-state index contributed by atoms with van der Waals surface area (Å²) in [6, 6.07) is 12.4. The number of hydrogen-bond donors (Lipinski definition) is 0. The number of aryl methyl sites for hydroxylation is 1. The monoisotopic (exact) mass is 384 g/mol. The first kappa shape index (κ1) is 16.8. The molecule has 6 nitrogen and oxygen atoms in total. The molecule has 3 aromatic heterocycles. The van der Waals surface area contributed by atoms with Crippen LogP contribution in [0.5, 0.6) is 0 Å². The average molecular weight is 385 g/mol. The summed E-state index contributed by atoms with van der Waals surface area (Å²) < 4.78 is 7.20. The van der Waals surface area contributed by atoms with Crippen LogP contribution in [0.3, 0.4) is 0 Å². The van der Waals surface area contributed by atoms with Gasteiger partial charge in [0.05, 0.1) is 5.69 Å². The van der Waals surface area contributed by atoms with Crippen molar-refractivity contribution in [3.8, 4) is 11.5 Å². The van der Waals surface area contributed by atoms with Gasteiger partial charge >= 0.3 is 0 Å². The molecule has 0 unspecified atom stereocenters. The smallest absolute Gasteiger partial charge is 0.277 e. The van der Waals surface area contributed by atoms with Crippen LogP contribution in [0, 0.1) is 6.92 Å². The van der Waals surface area contributed by atoms with E-state index in [2.05, 4.69) is 15.2 Å². The molecule has 0 aliphatic carbocycles. The van der Waals surface area contributed by atoms with Crippen molar-refractivity contribution in [2.75, 3.05) is 0 Å². The molecule has 0 aliphatic rings. The number of fused-ring (bicyclic) bond motifs is 1. The van der Waals surface area contributed by atoms with Gasteiger partial charge in [-0.3, -0.25) is 9.20 Å². The van der Waals surface area contributed by atoms with Gasteiger partial charge in [-0.2, -0.15) is 0 Å². The Morgan fingerprint density at radius 1 is 1.19 bits per heavy atom. The Balaban J connectivity index is 1.54. The zero-order valence-corrected chi connectivity index (χ0v) is 15.3. The molecular formula is C18H13ClN4O2S. The van der Waals surface area contributed by atoms with Crippen LogP contribution in [0.2, 0.25) is 5.02 Å². The highest BCUT2D eigenvalue weighted by Crippen LogP contribution is 2.26. The first-order chi connectivity index (χ1) is 12.6. The fraction of sp³-hybridized carbons (Fsp3) is 0.111. The molecule has 0 saturated heterocycles. The van der Waals surface area contributed by atoms with Crippen molar-refractivity contribution in [3.63, 3.8) is 0 Å². The standard InChI is InChI=1S/C18H13ClN4O2S/c1-11-3-2-8-23-15(24)9-14(20-16(11)23)10-26-18-22-21-17(25-18)12-4-6-13(19)7-5-12/h2-9H,10H2,1H3. The molecule has 0 amide bonds. The first-order valence-electron chi connectivity index (χ1n) is 7.80. The van der Waals surface area contributed by atoms with Crippen molar-refractivity contribution in [2.45, 2.75) is 17.9 Å². The van der Waals surface area contributed by atoms with Gasteiger partial charge < -0.3 is 4.42 Å². The largest absolute Gasteiger partial charge is 0.411 e. The highest BCUT2D eigenvalue weighted by molar-refractivity contribution is 7.98. The first-order valence-corrected chi connectivity index (χ1v) is 9.17. The third-order valence-corrected chi connectivity index (χ3v) is 4.88. The summed E-state index contributed by atoms with van der Waals surface area (Å²) in [5, 5.41) is 9.14. The second kappa shape index (κ2) is 6.93. The van der Waals surface area contributed by atoms with Gasteiger partial charge in [0.15, 0.2) is 0 Å². The van der Waals surface area contributed by atoms with Gasteiger partial charge in [0.25, 0.3) is 10.8 Å².